The summed E-state index contributed by atoms with van der Waals surface area (Å²) in [6.45, 7) is 16.5. The van der Waals surface area contributed by atoms with Gasteiger partial charge in [-0.15, -0.1) is 0 Å². The number of oxime groups is 1. The molecule has 226 valence electrons. The van der Waals surface area contributed by atoms with Gasteiger partial charge in [0.15, 0.2) is 0 Å². The van der Waals surface area contributed by atoms with Gasteiger partial charge in [-0.05, 0) is 81.9 Å². The predicted molar refractivity (Wildman–Crippen MR) is 172 cm³/mol. The van der Waals surface area contributed by atoms with Gasteiger partial charge in [0.1, 0.15) is 6.10 Å². The Morgan fingerprint density at radius 1 is 1.07 bits per heavy atom. The van der Waals surface area contributed by atoms with Crippen LogP contribution >= 0.6 is 0 Å². The number of likely N-dealkylation sites (N-methyl/N-ethyl adjacent to an activating group) is 1. The molecule has 43 heavy (non-hydrogen) atoms. The van der Waals surface area contributed by atoms with Crippen molar-refractivity contribution >= 4 is 33.4 Å². The van der Waals surface area contributed by atoms with E-state index in [1.165, 1.54) is 27.4 Å². The minimum atomic E-state index is 0.0230. The number of aromatic nitrogens is 3. The van der Waals surface area contributed by atoms with Crippen LogP contribution in [0, 0.1) is 0 Å². The minimum Gasteiger partial charge on any atom is -0.393 e. The summed E-state index contributed by atoms with van der Waals surface area (Å²) in [5.41, 5.74) is 10.9. The van der Waals surface area contributed by atoms with E-state index in [4.69, 9.17) is 9.94 Å². The largest absolute Gasteiger partial charge is 0.393 e. The lowest BCUT2D eigenvalue weighted by Crippen LogP contribution is -2.46. The van der Waals surface area contributed by atoms with Crippen LogP contribution in [0.25, 0.3) is 32.9 Å². The van der Waals surface area contributed by atoms with E-state index in [-0.39, 0.29) is 12.0 Å². The Morgan fingerprint density at radius 3 is 2.63 bits per heavy atom. The Hall–Kier alpha value is -3.69. The lowest BCUT2D eigenvalue weighted by molar-refractivity contribution is 0.0860. The van der Waals surface area contributed by atoms with E-state index in [2.05, 4.69) is 56.2 Å². The van der Waals surface area contributed by atoms with Crippen molar-refractivity contribution in [3.63, 3.8) is 0 Å². The zero-order chi connectivity index (χ0) is 29.8. The molecule has 2 aromatic heterocycles. The third-order valence-electron chi connectivity index (χ3n) is 9.53. The number of hydrogen-bond acceptors (Lipinski definition) is 6. The summed E-state index contributed by atoms with van der Waals surface area (Å²) >= 11 is 0. The number of hydrogen-bond donors (Lipinski definition) is 1. The van der Waals surface area contributed by atoms with E-state index in [9.17, 15) is 4.79 Å². The Bertz CT molecular complexity index is 1750. The maximum atomic E-state index is 13.5. The monoisotopic (exact) mass is 581 g/mol. The smallest absolute Gasteiger partial charge is 0.252 e. The van der Waals surface area contributed by atoms with Gasteiger partial charge < -0.3 is 24.5 Å². The number of fused-ring (bicyclic) bond motifs is 10. The molecule has 9 nitrogen and oxygen atoms in total. The summed E-state index contributed by atoms with van der Waals surface area (Å²) in [5, 5.41) is 14.7. The molecule has 1 aliphatic carbocycles. The summed E-state index contributed by atoms with van der Waals surface area (Å²) < 4.78 is 4.45. The summed E-state index contributed by atoms with van der Waals surface area (Å²) in [4.78, 5) is 24.2. The highest BCUT2D eigenvalue weighted by Crippen LogP contribution is 2.47. The molecule has 7 rings (SSSR count). The first kappa shape index (κ1) is 28.1. The third kappa shape index (κ3) is 4.83. The molecule has 1 amide bonds. The average Bonchev–Trinajstić information content (AvgIpc) is 3.68. The van der Waals surface area contributed by atoms with E-state index >= 15 is 0 Å². The fraction of sp³-hybridized carbons (Fsp3) is 0.500. The molecule has 2 aromatic carbocycles. The first-order chi connectivity index (χ1) is 20.8. The van der Waals surface area contributed by atoms with Crippen LogP contribution in [0.2, 0.25) is 0 Å². The SMILES string of the molecule is CCN1CCN(CCCn2c3ccc(/C(C)=N/OC(C)C)cc3c3c4c(c5c(c32)CCc2nn(C)cc2-5)C(=O)NC4)CC1. The molecule has 0 bridgehead atoms. The van der Waals surface area contributed by atoms with Gasteiger partial charge in [0.25, 0.3) is 5.91 Å². The number of nitrogens with zero attached hydrogens (tertiary/aromatic N) is 6. The molecule has 1 saturated heterocycles. The second kappa shape index (κ2) is 11.1. The van der Waals surface area contributed by atoms with Crippen LogP contribution in [-0.2, 0) is 37.8 Å². The van der Waals surface area contributed by atoms with Crippen molar-refractivity contribution in [1.82, 2.24) is 29.5 Å². The number of rotatable bonds is 8. The molecule has 2 aliphatic heterocycles. The average molecular weight is 582 g/mol. The molecule has 0 unspecified atom stereocenters. The minimum absolute atomic E-state index is 0.0230. The zero-order valence-electron chi connectivity index (χ0n) is 26.2. The van der Waals surface area contributed by atoms with Crippen LogP contribution in [-0.4, -0.2) is 81.1 Å². The standard InChI is InChI=1S/C34H43N7O2/c1-6-39-14-16-40(17-15-39)12-7-13-41-29-11-8-23(22(4)37-43-21(2)3)18-25(29)31-26-19-35-34(42)32(26)30-24(33(31)41)9-10-28-27(30)20-38(5)36-28/h8,11,18,20-21H,6-7,9-10,12-17,19H2,1-5H3,(H,35,42)/b37-22+. The van der Waals surface area contributed by atoms with Gasteiger partial charge in [-0.25, -0.2) is 0 Å². The fourth-order valence-corrected chi connectivity index (χ4v) is 7.39. The van der Waals surface area contributed by atoms with Crippen molar-refractivity contribution in [3.8, 4) is 11.1 Å². The van der Waals surface area contributed by atoms with Crippen molar-refractivity contribution in [2.75, 3.05) is 39.3 Å². The van der Waals surface area contributed by atoms with Crippen molar-refractivity contribution in [2.45, 2.75) is 66.2 Å². The molecule has 0 atom stereocenters. The van der Waals surface area contributed by atoms with E-state index < -0.39 is 0 Å². The quantitative estimate of drug-likeness (QED) is 0.241. The molecule has 1 N–H and O–H groups in total. The second-order valence-corrected chi connectivity index (χ2v) is 12.6. The molecule has 4 heterocycles. The van der Waals surface area contributed by atoms with Gasteiger partial charge in [-0.3, -0.25) is 9.48 Å². The lowest BCUT2D eigenvalue weighted by Gasteiger charge is -2.34. The molecule has 0 saturated carbocycles. The van der Waals surface area contributed by atoms with Gasteiger partial charge in [-0.2, -0.15) is 5.10 Å². The molecule has 9 heteroatoms. The Balaban J connectivity index is 1.39. The maximum absolute atomic E-state index is 13.5. The van der Waals surface area contributed by atoms with Crippen molar-refractivity contribution in [1.29, 1.82) is 0 Å². The molecule has 0 spiro atoms. The Kier molecular flexibility index (Phi) is 7.26. The Labute approximate surface area is 253 Å². The summed E-state index contributed by atoms with van der Waals surface area (Å²) in [7, 11) is 1.97. The predicted octanol–water partition coefficient (Wildman–Crippen LogP) is 4.71. The first-order valence-electron chi connectivity index (χ1n) is 15.9. The van der Waals surface area contributed by atoms with Crippen LogP contribution in [0.4, 0.5) is 0 Å². The van der Waals surface area contributed by atoms with Gasteiger partial charge >= 0.3 is 0 Å². The summed E-state index contributed by atoms with van der Waals surface area (Å²) in [5.74, 6) is 0.0243. The number of aryl methyl sites for hydroxylation is 4. The number of carbonyl (C=O) groups excluding carboxylic acids is 1. The number of piperazine rings is 1. The summed E-state index contributed by atoms with van der Waals surface area (Å²) in [6, 6.07) is 6.67. The van der Waals surface area contributed by atoms with E-state index in [0.29, 0.717) is 6.54 Å². The van der Waals surface area contributed by atoms with Crippen molar-refractivity contribution in [3.05, 3.63) is 52.3 Å². The topological polar surface area (TPSA) is 79.9 Å². The van der Waals surface area contributed by atoms with E-state index in [1.54, 1.807) is 0 Å². The van der Waals surface area contributed by atoms with Crippen LogP contribution in [0.3, 0.4) is 0 Å². The number of benzene rings is 2. The van der Waals surface area contributed by atoms with Crippen molar-refractivity contribution < 1.29 is 9.63 Å². The van der Waals surface area contributed by atoms with Crippen LogP contribution in [0.1, 0.15) is 66.9 Å². The number of amides is 1. The van der Waals surface area contributed by atoms with Gasteiger partial charge in [0, 0.05) is 79.9 Å². The van der Waals surface area contributed by atoms with E-state index in [1.807, 2.05) is 32.5 Å². The van der Waals surface area contributed by atoms with Gasteiger partial charge in [0.05, 0.1) is 22.5 Å². The molecule has 3 aliphatic rings. The second-order valence-electron chi connectivity index (χ2n) is 12.6. The van der Waals surface area contributed by atoms with Gasteiger partial charge in [0.2, 0.25) is 0 Å². The highest BCUT2D eigenvalue weighted by atomic mass is 16.6. The normalized spacial score (nSPS) is 17.5. The Morgan fingerprint density at radius 2 is 1.86 bits per heavy atom. The molecular weight excluding hydrogens is 538 g/mol. The highest BCUT2D eigenvalue weighted by molar-refractivity contribution is 6.20. The van der Waals surface area contributed by atoms with Gasteiger partial charge in [-0.1, -0.05) is 18.1 Å². The number of nitrogens with one attached hydrogen (secondary N) is 1. The molecule has 4 aromatic rings. The molecule has 1 fully saturated rings. The van der Waals surface area contributed by atoms with E-state index in [0.717, 1.165) is 104 Å². The lowest BCUT2D eigenvalue weighted by atomic mass is 9.82. The number of carbonyl (C=O) groups is 1. The van der Waals surface area contributed by atoms with Crippen LogP contribution in [0.15, 0.2) is 29.6 Å². The van der Waals surface area contributed by atoms with Crippen LogP contribution < -0.4 is 5.32 Å². The molecular formula is C34H43N7O2. The molecule has 0 radical (unpaired) electrons. The fourth-order valence-electron chi connectivity index (χ4n) is 7.39. The van der Waals surface area contributed by atoms with Crippen LogP contribution in [0.5, 0.6) is 0 Å². The van der Waals surface area contributed by atoms with Crippen molar-refractivity contribution in [2.24, 2.45) is 12.2 Å². The summed E-state index contributed by atoms with van der Waals surface area (Å²) in [6.07, 6.45) is 4.96. The third-order valence-corrected chi connectivity index (χ3v) is 9.53. The first-order valence-corrected chi connectivity index (χ1v) is 15.9. The highest BCUT2D eigenvalue weighted by Gasteiger charge is 2.35. The zero-order valence-corrected chi connectivity index (χ0v) is 26.2. The maximum Gasteiger partial charge on any atom is 0.252 e.